The second-order valence-electron chi connectivity index (χ2n) is 4.60. The average Bonchev–Trinajstić information content (AvgIpc) is 2.35. The average molecular weight is 304 g/mol. The molecule has 8 heteroatoms. The molecule has 0 unspecified atom stereocenters. The van der Waals surface area contributed by atoms with Crippen LogP contribution in [0.15, 0.2) is 18.2 Å². The number of hydrogen-bond donors (Lipinski definition) is 1. The lowest BCUT2D eigenvalue weighted by molar-refractivity contribution is -0.117. The molecule has 1 N–H and O–H groups in total. The first kappa shape index (κ1) is 14.9. The highest BCUT2D eigenvalue weighted by atomic mass is 32.2. The van der Waals surface area contributed by atoms with Crippen molar-refractivity contribution in [3.05, 3.63) is 29.8 Å². The maximum Gasteiger partial charge on any atom is 0.238 e. The van der Waals surface area contributed by atoms with Gasteiger partial charge in [0, 0.05) is 19.2 Å². The van der Waals surface area contributed by atoms with Crippen LogP contribution in [0.2, 0.25) is 0 Å². The summed E-state index contributed by atoms with van der Waals surface area (Å²) in [6.45, 7) is 0.537. The molecule has 5 nitrogen and oxygen atoms in total. The Balaban J connectivity index is 1.90. The van der Waals surface area contributed by atoms with Gasteiger partial charge < -0.3 is 5.32 Å². The Morgan fingerprint density at radius 1 is 1.25 bits per heavy atom. The molecule has 1 aliphatic rings. The van der Waals surface area contributed by atoms with E-state index in [1.807, 2.05) is 0 Å². The van der Waals surface area contributed by atoms with Gasteiger partial charge in [-0.1, -0.05) is 0 Å². The van der Waals surface area contributed by atoms with Crippen LogP contribution >= 0.6 is 0 Å². The highest BCUT2D eigenvalue weighted by Crippen LogP contribution is 2.15. The molecule has 1 fully saturated rings. The molecule has 0 aliphatic carbocycles. The van der Waals surface area contributed by atoms with Gasteiger partial charge in [0.1, 0.15) is 11.6 Å². The van der Waals surface area contributed by atoms with Gasteiger partial charge in [0.2, 0.25) is 5.91 Å². The van der Waals surface area contributed by atoms with Crippen LogP contribution in [0.4, 0.5) is 14.5 Å². The third-order valence-electron chi connectivity index (χ3n) is 3.01. The molecule has 1 aliphatic heterocycles. The summed E-state index contributed by atoms with van der Waals surface area (Å²) in [6.07, 6.45) is 0. The fourth-order valence-electron chi connectivity index (χ4n) is 1.89. The van der Waals surface area contributed by atoms with Crippen molar-refractivity contribution >= 4 is 21.4 Å². The van der Waals surface area contributed by atoms with Gasteiger partial charge in [-0.2, -0.15) is 0 Å². The van der Waals surface area contributed by atoms with Crippen molar-refractivity contribution < 1.29 is 22.0 Å². The van der Waals surface area contributed by atoms with Crippen molar-refractivity contribution in [1.82, 2.24) is 4.90 Å². The Kier molecular flexibility index (Phi) is 4.34. The topological polar surface area (TPSA) is 66.5 Å². The van der Waals surface area contributed by atoms with E-state index in [-0.39, 0.29) is 36.8 Å². The smallest absolute Gasteiger partial charge is 0.238 e. The summed E-state index contributed by atoms with van der Waals surface area (Å²) in [5, 5.41) is 2.33. The molecule has 0 saturated carbocycles. The molecule has 0 spiro atoms. The number of carbonyl (C=O) groups excluding carboxylic acids is 1. The number of benzene rings is 1. The van der Waals surface area contributed by atoms with E-state index < -0.39 is 27.4 Å². The van der Waals surface area contributed by atoms with Gasteiger partial charge in [0.25, 0.3) is 0 Å². The van der Waals surface area contributed by atoms with Crippen molar-refractivity contribution in [1.29, 1.82) is 0 Å². The van der Waals surface area contributed by atoms with E-state index in [4.69, 9.17) is 0 Å². The van der Waals surface area contributed by atoms with E-state index in [1.165, 1.54) is 0 Å². The summed E-state index contributed by atoms with van der Waals surface area (Å²) in [5.41, 5.74) is -0.0963. The van der Waals surface area contributed by atoms with Gasteiger partial charge in [-0.05, 0) is 12.1 Å². The second-order valence-corrected chi connectivity index (χ2v) is 6.90. The summed E-state index contributed by atoms with van der Waals surface area (Å²) in [6, 6.07) is 2.87. The number of nitrogens with one attached hydrogen (secondary N) is 1. The fraction of sp³-hybridized carbons (Fsp3) is 0.417. The summed E-state index contributed by atoms with van der Waals surface area (Å²) in [4.78, 5) is 13.4. The van der Waals surface area contributed by atoms with E-state index in [0.717, 1.165) is 12.1 Å². The molecular formula is C12H14F2N2O3S. The normalized spacial score (nSPS) is 18.7. The zero-order valence-corrected chi connectivity index (χ0v) is 11.4. The molecule has 20 heavy (non-hydrogen) atoms. The summed E-state index contributed by atoms with van der Waals surface area (Å²) < 4.78 is 48.5. The molecule has 0 aromatic heterocycles. The van der Waals surface area contributed by atoms with Crippen molar-refractivity contribution in [2.24, 2.45) is 0 Å². The van der Waals surface area contributed by atoms with E-state index in [0.29, 0.717) is 6.07 Å². The molecule has 1 saturated heterocycles. The van der Waals surface area contributed by atoms with Crippen LogP contribution in [0.3, 0.4) is 0 Å². The van der Waals surface area contributed by atoms with Crippen molar-refractivity contribution in [2.45, 2.75) is 0 Å². The Bertz CT molecular complexity index is 605. The van der Waals surface area contributed by atoms with Gasteiger partial charge in [-0.15, -0.1) is 0 Å². The maximum atomic E-state index is 13.3. The Morgan fingerprint density at radius 3 is 2.50 bits per heavy atom. The van der Waals surface area contributed by atoms with Crippen LogP contribution in [0.5, 0.6) is 0 Å². The van der Waals surface area contributed by atoms with E-state index in [2.05, 4.69) is 5.32 Å². The van der Waals surface area contributed by atoms with Gasteiger partial charge in [0.05, 0.1) is 23.7 Å². The highest BCUT2D eigenvalue weighted by Gasteiger charge is 2.23. The maximum absolute atomic E-state index is 13.3. The number of sulfone groups is 1. The van der Waals surface area contributed by atoms with Crippen LogP contribution in [0.25, 0.3) is 0 Å². The van der Waals surface area contributed by atoms with E-state index in [1.54, 1.807) is 4.90 Å². The standard InChI is InChI=1S/C12H14F2N2O3S/c13-9-1-2-11(10(14)7-9)15-12(17)8-16-3-5-20(18,19)6-4-16/h1-2,7H,3-6,8H2,(H,15,17). The molecule has 0 radical (unpaired) electrons. The van der Waals surface area contributed by atoms with Crippen LogP contribution < -0.4 is 5.32 Å². The predicted octanol–water partition coefficient (Wildman–Crippen LogP) is 0.634. The monoisotopic (exact) mass is 304 g/mol. The third kappa shape index (κ3) is 3.97. The lowest BCUT2D eigenvalue weighted by atomic mass is 10.3. The summed E-state index contributed by atoms with van der Waals surface area (Å²) in [5.74, 6) is -1.99. The first-order chi connectivity index (χ1) is 9.35. The van der Waals surface area contributed by atoms with E-state index >= 15 is 0 Å². The minimum Gasteiger partial charge on any atom is -0.322 e. The zero-order chi connectivity index (χ0) is 14.8. The van der Waals surface area contributed by atoms with Crippen molar-refractivity contribution in [3.8, 4) is 0 Å². The molecular weight excluding hydrogens is 290 g/mol. The number of nitrogens with zero attached hydrogens (tertiary/aromatic N) is 1. The van der Waals surface area contributed by atoms with Crippen molar-refractivity contribution in [3.63, 3.8) is 0 Å². The molecule has 1 heterocycles. The Morgan fingerprint density at radius 2 is 1.90 bits per heavy atom. The SMILES string of the molecule is O=C(CN1CCS(=O)(=O)CC1)Nc1ccc(F)cc1F. The number of rotatable bonds is 3. The van der Waals surface area contributed by atoms with Gasteiger partial charge >= 0.3 is 0 Å². The van der Waals surface area contributed by atoms with Crippen LogP contribution in [-0.2, 0) is 14.6 Å². The second kappa shape index (κ2) is 5.84. The zero-order valence-electron chi connectivity index (χ0n) is 10.6. The third-order valence-corrected chi connectivity index (χ3v) is 4.62. The van der Waals surface area contributed by atoms with Gasteiger partial charge in [0.15, 0.2) is 9.84 Å². The van der Waals surface area contributed by atoms with Gasteiger partial charge in [-0.25, -0.2) is 17.2 Å². The largest absolute Gasteiger partial charge is 0.322 e. The fourth-order valence-corrected chi connectivity index (χ4v) is 3.17. The van der Waals surface area contributed by atoms with Crippen LogP contribution in [0, 0.1) is 11.6 Å². The quantitative estimate of drug-likeness (QED) is 0.889. The summed E-state index contributed by atoms with van der Waals surface area (Å²) in [7, 11) is -3.00. The number of halogens is 2. The Hall–Kier alpha value is -1.54. The van der Waals surface area contributed by atoms with Gasteiger partial charge in [-0.3, -0.25) is 9.69 Å². The predicted molar refractivity (Wildman–Crippen MR) is 70.1 cm³/mol. The van der Waals surface area contributed by atoms with Crippen LogP contribution in [0.1, 0.15) is 0 Å². The van der Waals surface area contributed by atoms with E-state index in [9.17, 15) is 22.0 Å². The minimum atomic E-state index is -3.00. The molecule has 2 rings (SSSR count). The lowest BCUT2D eigenvalue weighted by Crippen LogP contribution is -2.43. The Labute approximate surface area is 115 Å². The van der Waals surface area contributed by atoms with Crippen molar-refractivity contribution in [2.75, 3.05) is 36.5 Å². The molecule has 1 amide bonds. The molecule has 0 atom stereocenters. The number of anilines is 1. The molecule has 110 valence electrons. The lowest BCUT2D eigenvalue weighted by Gasteiger charge is -2.25. The molecule has 1 aromatic carbocycles. The minimum absolute atomic E-state index is 0.0190. The first-order valence-electron chi connectivity index (χ1n) is 6.03. The highest BCUT2D eigenvalue weighted by molar-refractivity contribution is 7.91. The number of carbonyl (C=O) groups is 1. The van der Waals surface area contributed by atoms with Crippen LogP contribution in [-0.4, -0.2) is 50.4 Å². The number of hydrogen-bond acceptors (Lipinski definition) is 4. The first-order valence-corrected chi connectivity index (χ1v) is 7.85. The summed E-state index contributed by atoms with van der Waals surface area (Å²) >= 11 is 0. The molecule has 1 aromatic rings. The number of amides is 1. The molecule has 0 bridgehead atoms.